The van der Waals surface area contributed by atoms with Gasteiger partial charge in [-0.2, -0.15) is 0 Å². The van der Waals surface area contributed by atoms with Crippen LogP contribution in [0.1, 0.15) is 16.1 Å². The lowest BCUT2D eigenvalue weighted by Gasteiger charge is -2.16. The minimum atomic E-state index is -4.19. The zero-order valence-electron chi connectivity index (χ0n) is 12.1. The first-order chi connectivity index (χ1) is 11.5. The summed E-state index contributed by atoms with van der Waals surface area (Å²) in [7, 11) is -4.19. The van der Waals surface area contributed by atoms with Crippen LogP contribution in [0.2, 0.25) is 5.02 Å². The Morgan fingerprint density at radius 2 is 2.00 bits per heavy atom. The number of nitrogens with two attached hydrogens (primary N) is 1. The van der Waals surface area contributed by atoms with Gasteiger partial charge in [0, 0.05) is 0 Å². The van der Waals surface area contributed by atoms with E-state index in [1.165, 1.54) is 12.3 Å². The third kappa shape index (κ3) is 5.67. The molecule has 0 unspecified atom stereocenters. The molecule has 2 aromatic rings. The maximum atomic E-state index is 12.2. The van der Waals surface area contributed by atoms with E-state index in [1.807, 2.05) is 0 Å². The molecule has 0 aliphatic heterocycles. The normalized spacial score (nSPS) is 12.0. The highest BCUT2D eigenvalue weighted by Crippen LogP contribution is 2.33. The maximum Gasteiger partial charge on any atom is 0.343 e. The van der Waals surface area contributed by atoms with Gasteiger partial charge in [-0.15, -0.1) is 0 Å². The molecule has 0 bridgehead atoms. The number of carbonyl (C=O) groups is 1. The number of rotatable bonds is 5. The van der Waals surface area contributed by atoms with Crippen LogP contribution in [-0.2, 0) is 21.3 Å². The fraction of sp³-hybridized carbons (Fsp3) is 0.154. The Morgan fingerprint density at radius 1 is 1.32 bits per heavy atom. The molecule has 25 heavy (non-hydrogen) atoms. The lowest BCUT2D eigenvalue weighted by atomic mass is 10.1. The number of esters is 1. The van der Waals surface area contributed by atoms with Gasteiger partial charge in [0.15, 0.2) is 0 Å². The summed E-state index contributed by atoms with van der Waals surface area (Å²) in [5.74, 6) is -0.546. The molecule has 12 heteroatoms. The van der Waals surface area contributed by atoms with E-state index in [0.29, 0.717) is 5.76 Å². The van der Waals surface area contributed by atoms with E-state index >= 15 is 0 Å². The molecule has 0 aliphatic rings. The fourth-order valence-corrected chi connectivity index (χ4v) is 3.15. The van der Waals surface area contributed by atoms with Gasteiger partial charge in [-0.1, -0.05) is 11.6 Å². The van der Waals surface area contributed by atoms with Crippen molar-refractivity contribution >= 4 is 68.1 Å². The number of carbonyl (C=O) groups excluding carboxylic acids is 1. The average molecular weight is 448 g/mol. The summed E-state index contributed by atoms with van der Waals surface area (Å²) < 4.78 is 30.6. The van der Waals surface area contributed by atoms with Gasteiger partial charge in [0.25, 0.3) is 0 Å². The van der Waals surface area contributed by atoms with Crippen LogP contribution in [0.25, 0.3) is 0 Å². The molecule has 0 spiro atoms. The van der Waals surface area contributed by atoms with E-state index in [2.05, 4.69) is 10.1 Å². The van der Waals surface area contributed by atoms with Crippen molar-refractivity contribution in [2.45, 2.75) is 15.4 Å². The van der Waals surface area contributed by atoms with E-state index in [0.717, 1.165) is 6.07 Å². The van der Waals surface area contributed by atoms with Crippen molar-refractivity contribution in [3.63, 3.8) is 0 Å². The molecule has 2 rings (SSSR count). The van der Waals surface area contributed by atoms with Gasteiger partial charge in [-0.05, 0) is 59.1 Å². The van der Waals surface area contributed by atoms with E-state index in [9.17, 15) is 13.2 Å². The van der Waals surface area contributed by atoms with Crippen LogP contribution in [0.15, 0.2) is 39.8 Å². The summed E-state index contributed by atoms with van der Waals surface area (Å²) in [5, 5.41) is 7.74. The Kier molecular flexibility index (Phi) is 6.13. The molecule has 0 atom stereocenters. The Morgan fingerprint density at radius 3 is 2.52 bits per heavy atom. The SMILES string of the molecule is NS(=O)(=O)c1cc(C(=O)OC(Cl)(Cl)Cl)c(NCc2ccco2)cc1Cl. The summed E-state index contributed by atoms with van der Waals surface area (Å²) >= 11 is 22.2. The number of benzene rings is 1. The molecule has 1 aromatic heterocycles. The van der Waals surface area contributed by atoms with Crippen LogP contribution in [0.4, 0.5) is 5.69 Å². The summed E-state index contributed by atoms with van der Waals surface area (Å²) in [6.45, 7) is 0.173. The maximum absolute atomic E-state index is 12.2. The van der Waals surface area contributed by atoms with Crippen molar-refractivity contribution in [3.8, 4) is 0 Å². The highest BCUT2D eigenvalue weighted by Gasteiger charge is 2.29. The Balaban J connectivity index is 2.45. The van der Waals surface area contributed by atoms with Crippen molar-refractivity contribution in [1.29, 1.82) is 0 Å². The minimum Gasteiger partial charge on any atom is -0.467 e. The second-order valence-corrected chi connectivity index (χ2v) is 8.76. The van der Waals surface area contributed by atoms with Crippen molar-refractivity contribution in [2.24, 2.45) is 5.14 Å². The first-order valence-electron chi connectivity index (χ1n) is 6.40. The largest absolute Gasteiger partial charge is 0.467 e. The second kappa shape index (κ2) is 7.61. The molecule has 0 aliphatic carbocycles. The monoisotopic (exact) mass is 446 g/mol. The van der Waals surface area contributed by atoms with Crippen LogP contribution in [0.3, 0.4) is 0 Å². The van der Waals surface area contributed by atoms with Crippen molar-refractivity contribution in [3.05, 3.63) is 46.9 Å². The number of primary sulfonamides is 1. The van der Waals surface area contributed by atoms with Crippen LogP contribution in [-0.4, -0.2) is 18.4 Å². The second-order valence-electron chi connectivity index (χ2n) is 4.64. The third-order valence-corrected chi connectivity index (χ3v) is 4.45. The Bertz CT molecular complexity index is 879. The standard InChI is InChI=1S/C13H10Cl4N2O5S/c14-9-5-10(19-6-7-2-1-3-23-7)8(4-11(9)25(18,21)22)12(20)24-13(15,16)17/h1-5,19H,6H2,(H2,18,21,22). The van der Waals surface area contributed by atoms with Crippen molar-refractivity contribution in [1.82, 2.24) is 0 Å². The zero-order chi connectivity index (χ0) is 18.8. The molecular weight excluding hydrogens is 438 g/mol. The number of hydrogen-bond acceptors (Lipinski definition) is 6. The predicted molar refractivity (Wildman–Crippen MR) is 94.6 cm³/mol. The van der Waals surface area contributed by atoms with E-state index in [4.69, 9.17) is 56.0 Å². The molecule has 1 aromatic carbocycles. The molecule has 0 amide bonds. The zero-order valence-corrected chi connectivity index (χ0v) is 16.0. The van der Waals surface area contributed by atoms with Crippen molar-refractivity contribution in [2.75, 3.05) is 5.32 Å². The summed E-state index contributed by atoms with van der Waals surface area (Å²) in [5.41, 5.74) is -0.112. The number of furan rings is 1. The van der Waals surface area contributed by atoms with Crippen LogP contribution in [0.5, 0.6) is 0 Å². The highest BCUT2D eigenvalue weighted by atomic mass is 35.6. The van der Waals surface area contributed by atoms with Gasteiger partial charge in [-0.3, -0.25) is 0 Å². The van der Waals surface area contributed by atoms with Gasteiger partial charge in [0.05, 0.1) is 29.1 Å². The van der Waals surface area contributed by atoms with Crippen molar-refractivity contribution < 1.29 is 22.4 Å². The van der Waals surface area contributed by atoms with Gasteiger partial charge in [0.2, 0.25) is 10.0 Å². The van der Waals surface area contributed by atoms with E-state index < -0.39 is 24.9 Å². The van der Waals surface area contributed by atoms with Crippen LogP contribution < -0.4 is 10.5 Å². The molecule has 136 valence electrons. The Labute approximate surface area is 163 Å². The Hall–Kier alpha value is -1.16. The van der Waals surface area contributed by atoms with E-state index in [-0.39, 0.29) is 22.8 Å². The van der Waals surface area contributed by atoms with Crippen LogP contribution in [0, 0.1) is 0 Å². The van der Waals surface area contributed by atoms with Gasteiger partial charge < -0.3 is 14.5 Å². The molecule has 3 N–H and O–H groups in total. The number of ether oxygens (including phenoxy) is 1. The molecule has 0 saturated heterocycles. The topological polar surface area (TPSA) is 112 Å². The summed E-state index contributed by atoms with van der Waals surface area (Å²) in [4.78, 5) is 11.7. The number of hydrogen-bond donors (Lipinski definition) is 2. The first kappa shape index (κ1) is 20.2. The quantitative estimate of drug-likeness (QED) is 0.534. The number of anilines is 1. The van der Waals surface area contributed by atoms with Gasteiger partial charge in [-0.25, -0.2) is 18.4 Å². The fourth-order valence-electron chi connectivity index (χ4n) is 1.84. The molecule has 1 heterocycles. The van der Waals surface area contributed by atoms with Crippen LogP contribution >= 0.6 is 46.4 Å². The predicted octanol–water partition coefficient (Wildman–Crippen LogP) is 3.68. The van der Waals surface area contributed by atoms with Gasteiger partial charge in [0.1, 0.15) is 10.7 Å². The number of sulfonamides is 1. The molecule has 0 fully saturated rings. The van der Waals surface area contributed by atoms with E-state index in [1.54, 1.807) is 12.1 Å². The first-order valence-corrected chi connectivity index (χ1v) is 9.46. The van der Waals surface area contributed by atoms with Gasteiger partial charge >= 0.3 is 9.95 Å². The molecule has 0 saturated carbocycles. The smallest absolute Gasteiger partial charge is 0.343 e. The number of alkyl halides is 3. The number of nitrogens with one attached hydrogen (secondary N) is 1. The average Bonchev–Trinajstić information content (AvgIpc) is 2.94. The third-order valence-electron chi connectivity index (χ3n) is 2.84. The summed E-state index contributed by atoms with van der Waals surface area (Å²) in [6, 6.07) is 5.48. The number of halogens is 4. The summed E-state index contributed by atoms with van der Waals surface area (Å²) in [6.07, 6.45) is 1.46. The molecule has 0 radical (unpaired) electrons. The minimum absolute atomic E-state index is 0.132. The lowest BCUT2D eigenvalue weighted by Crippen LogP contribution is -2.19. The lowest BCUT2D eigenvalue weighted by molar-refractivity contribution is 0.0492. The molecule has 7 nitrogen and oxygen atoms in total. The molecular formula is C13H10Cl4N2O5S. The highest BCUT2D eigenvalue weighted by molar-refractivity contribution is 7.89.